The number of benzene rings is 1. The van der Waals surface area contributed by atoms with E-state index in [1.165, 1.54) is 6.92 Å². The zero-order valence-electron chi connectivity index (χ0n) is 12.8. The van der Waals surface area contributed by atoms with Crippen LogP contribution in [0.5, 0.6) is 0 Å². The summed E-state index contributed by atoms with van der Waals surface area (Å²) in [7, 11) is 0. The van der Waals surface area contributed by atoms with Gasteiger partial charge in [-0.15, -0.1) is 0 Å². The molecule has 1 fully saturated rings. The Kier molecular flexibility index (Phi) is 4.63. The Balaban J connectivity index is 2.04. The van der Waals surface area contributed by atoms with Gasteiger partial charge in [-0.25, -0.2) is 0 Å². The molecular weight excluding hydrogens is 266 g/mol. The van der Waals surface area contributed by atoms with E-state index >= 15 is 0 Å². The Morgan fingerprint density at radius 3 is 2.76 bits per heavy atom. The molecule has 2 amide bonds. The van der Waals surface area contributed by atoms with Crippen LogP contribution in [-0.4, -0.2) is 23.9 Å². The monoisotopic (exact) mass is 289 g/mol. The molecule has 21 heavy (non-hydrogen) atoms. The van der Waals surface area contributed by atoms with Crippen molar-refractivity contribution in [3.8, 4) is 0 Å². The maximum Gasteiger partial charge on any atom is 0.240 e. The van der Waals surface area contributed by atoms with Gasteiger partial charge in [-0.3, -0.25) is 9.59 Å². The van der Waals surface area contributed by atoms with Crippen LogP contribution in [-0.2, 0) is 9.59 Å². The van der Waals surface area contributed by atoms with Gasteiger partial charge in [0.1, 0.15) is 0 Å². The molecule has 0 aromatic heterocycles. The average Bonchev–Trinajstić information content (AvgIpc) is 2.86. The third-order valence-corrected chi connectivity index (χ3v) is 3.92. The summed E-state index contributed by atoms with van der Waals surface area (Å²) in [6, 6.07) is 7.43. The van der Waals surface area contributed by atoms with Crippen LogP contribution in [0.1, 0.15) is 45.2 Å². The predicted octanol–water partition coefficient (Wildman–Crippen LogP) is 1.96. The molecule has 2 atom stereocenters. The second kappa shape index (κ2) is 6.26. The first-order valence-electron chi connectivity index (χ1n) is 7.34. The molecule has 0 radical (unpaired) electrons. The topological polar surface area (TPSA) is 70.2 Å². The van der Waals surface area contributed by atoms with Gasteiger partial charge in [-0.2, -0.15) is 0 Å². The molecular formula is C16H23N3O2. The molecule has 1 heterocycles. The van der Waals surface area contributed by atoms with Gasteiger partial charge in [0.05, 0.1) is 11.6 Å². The number of carbonyl (C=O) groups excluding carboxylic acids is 2. The highest BCUT2D eigenvalue weighted by Crippen LogP contribution is 2.22. The summed E-state index contributed by atoms with van der Waals surface area (Å²) in [5, 5.41) is 9.05. The highest BCUT2D eigenvalue weighted by molar-refractivity contribution is 5.89. The van der Waals surface area contributed by atoms with Crippen LogP contribution in [0.2, 0.25) is 0 Å². The maximum absolute atomic E-state index is 12.4. The zero-order valence-corrected chi connectivity index (χ0v) is 12.8. The Labute approximate surface area is 125 Å². The van der Waals surface area contributed by atoms with Gasteiger partial charge in [-0.1, -0.05) is 12.1 Å². The molecule has 3 N–H and O–H groups in total. The highest BCUT2D eigenvalue weighted by Gasteiger charge is 2.36. The lowest BCUT2D eigenvalue weighted by Gasteiger charge is -2.26. The fourth-order valence-corrected chi connectivity index (χ4v) is 2.62. The summed E-state index contributed by atoms with van der Waals surface area (Å²) in [4.78, 5) is 23.5. The Hall–Kier alpha value is -1.88. The number of amides is 2. The third kappa shape index (κ3) is 3.82. The second-order valence-electron chi connectivity index (χ2n) is 5.86. The maximum atomic E-state index is 12.4. The van der Waals surface area contributed by atoms with Crippen molar-refractivity contribution in [2.75, 3.05) is 11.9 Å². The zero-order chi connectivity index (χ0) is 15.5. The van der Waals surface area contributed by atoms with Crippen molar-refractivity contribution in [2.45, 2.75) is 45.2 Å². The summed E-state index contributed by atoms with van der Waals surface area (Å²) in [5.41, 5.74) is 1.24. The molecule has 1 aromatic rings. The lowest BCUT2D eigenvalue weighted by Crippen LogP contribution is -2.51. The van der Waals surface area contributed by atoms with E-state index in [1.807, 2.05) is 38.1 Å². The van der Waals surface area contributed by atoms with E-state index in [9.17, 15) is 9.59 Å². The van der Waals surface area contributed by atoms with Crippen molar-refractivity contribution < 1.29 is 9.59 Å². The summed E-state index contributed by atoms with van der Waals surface area (Å²) in [6.45, 7) is 6.25. The molecule has 2 rings (SSSR count). The number of carbonyl (C=O) groups is 2. The molecule has 0 saturated carbocycles. The first kappa shape index (κ1) is 15.5. The Bertz CT molecular complexity index is 536. The lowest BCUT2D eigenvalue weighted by molar-refractivity contribution is -0.127. The van der Waals surface area contributed by atoms with Crippen LogP contribution >= 0.6 is 0 Å². The molecule has 1 aliphatic rings. The number of rotatable bonds is 4. The lowest BCUT2D eigenvalue weighted by atomic mass is 9.98. The van der Waals surface area contributed by atoms with Crippen LogP contribution in [0, 0.1) is 0 Å². The smallest absolute Gasteiger partial charge is 0.240 e. The van der Waals surface area contributed by atoms with Gasteiger partial charge in [-0.05, 0) is 50.9 Å². The van der Waals surface area contributed by atoms with E-state index in [0.29, 0.717) is 0 Å². The normalized spacial score (nSPS) is 22.6. The minimum atomic E-state index is -0.469. The molecule has 5 heteroatoms. The molecule has 114 valence electrons. The third-order valence-electron chi connectivity index (χ3n) is 3.92. The fraction of sp³-hybridized carbons (Fsp3) is 0.500. The van der Waals surface area contributed by atoms with E-state index < -0.39 is 5.54 Å². The summed E-state index contributed by atoms with van der Waals surface area (Å²) < 4.78 is 0. The Morgan fingerprint density at radius 2 is 2.14 bits per heavy atom. The molecule has 1 aliphatic heterocycles. The van der Waals surface area contributed by atoms with E-state index in [0.717, 1.165) is 30.6 Å². The van der Waals surface area contributed by atoms with Crippen LogP contribution in [0.3, 0.4) is 0 Å². The van der Waals surface area contributed by atoms with Crippen molar-refractivity contribution in [1.82, 2.24) is 10.6 Å². The molecule has 0 aliphatic carbocycles. The van der Waals surface area contributed by atoms with E-state index in [1.54, 1.807) is 0 Å². The van der Waals surface area contributed by atoms with Crippen LogP contribution < -0.4 is 16.0 Å². The number of hydrogen-bond donors (Lipinski definition) is 3. The number of nitrogens with one attached hydrogen (secondary N) is 3. The summed E-state index contributed by atoms with van der Waals surface area (Å²) in [5.74, 6) is -0.0797. The second-order valence-corrected chi connectivity index (χ2v) is 5.86. The van der Waals surface area contributed by atoms with E-state index in [2.05, 4.69) is 16.0 Å². The van der Waals surface area contributed by atoms with Gasteiger partial charge in [0, 0.05) is 12.6 Å². The van der Waals surface area contributed by atoms with Crippen LogP contribution in [0.15, 0.2) is 24.3 Å². The molecule has 1 saturated heterocycles. The van der Waals surface area contributed by atoms with Gasteiger partial charge in [0.15, 0.2) is 0 Å². The average molecular weight is 289 g/mol. The van der Waals surface area contributed by atoms with E-state index in [-0.39, 0.29) is 17.9 Å². The number of hydrogen-bond acceptors (Lipinski definition) is 3. The molecule has 0 bridgehead atoms. The number of anilines is 1. The van der Waals surface area contributed by atoms with Gasteiger partial charge >= 0.3 is 0 Å². The van der Waals surface area contributed by atoms with Crippen LogP contribution in [0.25, 0.3) is 0 Å². The van der Waals surface area contributed by atoms with Crippen LogP contribution in [0.4, 0.5) is 5.69 Å². The van der Waals surface area contributed by atoms with Crippen molar-refractivity contribution in [2.24, 2.45) is 0 Å². The van der Waals surface area contributed by atoms with Gasteiger partial charge in [0.2, 0.25) is 11.8 Å². The van der Waals surface area contributed by atoms with Gasteiger partial charge < -0.3 is 16.0 Å². The first-order chi connectivity index (χ1) is 9.90. The highest BCUT2D eigenvalue weighted by atomic mass is 16.2. The van der Waals surface area contributed by atoms with Crippen molar-refractivity contribution >= 4 is 17.5 Å². The molecule has 5 nitrogen and oxygen atoms in total. The SMILES string of the molecule is CC(=O)Nc1cccc(C(C)NC(=O)C2(C)CCCN2)c1. The van der Waals surface area contributed by atoms with Gasteiger partial charge in [0.25, 0.3) is 0 Å². The van der Waals surface area contributed by atoms with Crippen molar-refractivity contribution in [3.63, 3.8) is 0 Å². The fourth-order valence-electron chi connectivity index (χ4n) is 2.62. The molecule has 0 spiro atoms. The minimum absolute atomic E-state index is 0.0254. The largest absolute Gasteiger partial charge is 0.348 e. The van der Waals surface area contributed by atoms with Crippen molar-refractivity contribution in [1.29, 1.82) is 0 Å². The predicted molar refractivity (Wildman–Crippen MR) is 82.9 cm³/mol. The summed E-state index contributed by atoms with van der Waals surface area (Å²) in [6.07, 6.45) is 1.88. The molecule has 2 unspecified atom stereocenters. The molecule has 1 aromatic carbocycles. The Morgan fingerprint density at radius 1 is 1.38 bits per heavy atom. The minimum Gasteiger partial charge on any atom is -0.348 e. The van der Waals surface area contributed by atoms with Crippen molar-refractivity contribution in [3.05, 3.63) is 29.8 Å². The first-order valence-corrected chi connectivity index (χ1v) is 7.34. The van der Waals surface area contributed by atoms with E-state index in [4.69, 9.17) is 0 Å². The quantitative estimate of drug-likeness (QED) is 0.793. The summed E-state index contributed by atoms with van der Waals surface area (Å²) >= 11 is 0. The standard InChI is InChI=1S/C16H23N3O2/c1-11(18-15(21)16(3)8-5-9-17-16)13-6-4-7-14(10-13)19-12(2)20/h4,6-7,10-11,17H,5,8-9H2,1-3H3,(H,18,21)(H,19,20).